The van der Waals surface area contributed by atoms with Crippen LogP contribution in [0.4, 0.5) is 5.69 Å². The number of carbonyl (C=O) groups excluding carboxylic acids is 1. The van der Waals surface area contributed by atoms with Crippen LogP contribution < -0.4 is 10.1 Å². The zero-order valence-electron chi connectivity index (χ0n) is 12.8. The van der Waals surface area contributed by atoms with E-state index in [1.807, 2.05) is 0 Å². The number of amides is 1. The highest BCUT2D eigenvalue weighted by Crippen LogP contribution is 2.15. The second kappa shape index (κ2) is 10.4. The average Bonchev–Trinajstić information content (AvgIpc) is 2.43. The Balaban J connectivity index is 0.00000400. The van der Waals surface area contributed by atoms with Crippen molar-refractivity contribution >= 4 is 24.0 Å². The van der Waals surface area contributed by atoms with Crippen LogP contribution >= 0.6 is 12.4 Å². The first kappa shape index (κ1) is 19.7. The Hall–Kier alpha value is -1.30. The van der Waals surface area contributed by atoms with Crippen molar-refractivity contribution in [3.8, 4) is 5.75 Å². The Morgan fingerprint density at radius 1 is 1.29 bits per heavy atom. The monoisotopic (exact) mass is 316 g/mol. The molecule has 1 aromatic carbocycles. The van der Waals surface area contributed by atoms with E-state index in [4.69, 9.17) is 4.74 Å². The fourth-order valence-electron chi connectivity index (χ4n) is 1.86. The summed E-state index contributed by atoms with van der Waals surface area (Å²) in [5, 5.41) is 12.6. The third kappa shape index (κ3) is 7.90. The van der Waals surface area contributed by atoms with Crippen LogP contribution in [0.25, 0.3) is 0 Å². The molecule has 1 atom stereocenters. The first-order valence-electron chi connectivity index (χ1n) is 6.96. The number of rotatable bonds is 8. The number of halogens is 1. The molecule has 0 saturated carbocycles. The molecule has 1 amide bonds. The summed E-state index contributed by atoms with van der Waals surface area (Å²) < 4.78 is 5.53. The van der Waals surface area contributed by atoms with Crippen LogP contribution in [-0.2, 0) is 4.79 Å². The molecule has 0 saturated heterocycles. The molecule has 21 heavy (non-hydrogen) atoms. The lowest BCUT2D eigenvalue weighted by molar-refractivity contribution is -0.114. The van der Waals surface area contributed by atoms with Gasteiger partial charge in [0, 0.05) is 19.2 Å². The number of nitrogens with zero attached hydrogens (tertiary/aromatic N) is 1. The molecule has 1 unspecified atom stereocenters. The van der Waals surface area contributed by atoms with Crippen molar-refractivity contribution in [2.45, 2.75) is 26.9 Å². The van der Waals surface area contributed by atoms with Gasteiger partial charge in [0.15, 0.2) is 0 Å². The summed E-state index contributed by atoms with van der Waals surface area (Å²) in [6.07, 6.45) is -0.509. The van der Waals surface area contributed by atoms with Crippen molar-refractivity contribution in [1.29, 1.82) is 0 Å². The second-order valence-electron chi connectivity index (χ2n) is 4.66. The van der Waals surface area contributed by atoms with E-state index in [-0.39, 0.29) is 24.9 Å². The highest BCUT2D eigenvalue weighted by atomic mass is 35.5. The van der Waals surface area contributed by atoms with Crippen LogP contribution in [0.5, 0.6) is 5.75 Å². The zero-order chi connectivity index (χ0) is 15.0. The topological polar surface area (TPSA) is 61.8 Å². The van der Waals surface area contributed by atoms with E-state index in [0.717, 1.165) is 18.8 Å². The summed E-state index contributed by atoms with van der Waals surface area (Å²) in [6.45, 7) is 8.30. The normalized spacial score (nSPS) is 11.7. The largest absolute Gasteiger partial charge is 0.491 e. The van der Waals surface area contributed by atoms with Gasteiger partial charge in [-0.3, -0.25) is 4.79 Å². The molecule has 1 rings (SSSR count). The summed E-state index contributed by atoms with van der Waals surface area (Å²) in [5.74, 6) is 0.575. The fraction of sp³-hybridized carbons (Fsp3) is 0.533. The molecule has 0 radical (unpaired) electrons. The maximum atomic E-state index is 10.9. The van der Waals surface area contributed by atoms with Gasteiger partial charge in [0.05, 0.1) is 0 Å². The minimum atomic E-state index is -0.509. The Morgan fingerprint density at radius 3 is 2.33 bits per heavy atom. The Morgan fingerprint density at radius 2 is 1.86 bits per heavy atom. The van der Waals surface area contributed by atoms with Crippen LogP contribution in [0.1, 0.15) is 20.8 Å². The highest BCUT2D eigenvalue weighted by molar-refractivity contribution is 5.88. The number of carbonyl (C=O) groups is 1. The quantitative estimate of drug-likeness (QED) is 0.771. The van der Waals surface area contributed by atoms with Crippen LogP contribution in [0.15, 0.2) is 24.3 Å². The van der Waals surface area contributed by atoms with E-state index < -0.39 is 6.10 Å². The molecular weight excluding hydrogens is 292 g/mol. The molecule has 120 valence electrons. The fourth-order valence-corrected chi connectivity index (χ4v) is 1.86. The van der Waals surface area contributed by atoms with Gasteiger partial charge >= 0.3 is 0 Å². The van der Waals surface area contributed by atoms with Crippen molar-refractivity contribution in [3.05, 3.63) is 24.3 Å². The van der Waals surface area contributed by atoms with E-state index in [1.54, 1.807) is 24.3 Å². The lowest BCUT2D eigenvalue weighted by atomic mass is 10.3. The minimum absolute atomic E-state index is 0. The molecule has 5 nitrogen and oxygen atoms in total. The van der Waals surface area contributed by atoms with Crippen LogP contribution in [0, 0.1) is 0 Å². The number of likely N-dealkylation sites (N-methyl/N-ethyl adjacent to an activating group) is 1. The summed E-state index contributed by atoms with van der Waals surface area (Å²) in [7, 11) is 0. The van der Waals surface area contributed by atoms with E-state index >= 15 is 0 Å². The molecule has 0 bridgehead atoms. The van der Waals surface area contributed by atoms with Gasteiger partial charge in [-0.05, 0) is 37.4 Å². The van der Waals surface area contributed by atoms with Crippen LogP contribution in [0.3, 0.4) is 0 Å². The third-order valence-corrected chi connectivity index (χ3v) is 2.98. The molecule has 1 aromatic rings. The van der Waals surface area contributed by atoms with Crippen molar-refractivity contribution in [2.24, 2.45) is 0 Å². The van der Waals surface area contributed by atoms with Gasteiger partial charge in [-0.25, -0.2) is 0 Å². The number of nitrogens with one attached hydrogen (secondary N) is 1. The smallest absolute Gasteiger partial charge is 0.221 e. The number of benzene rings is 1. The Kier molecular flexibility index (Phi) is 9.78. The minimum Gasteiger partial charge on any atom is -0.491 e. The number of aliphatic hydroxyl groups is 1. The molecule has 2 N–H and O–H groups in total. The van der Waals surface area contributed by atoms with Gasteiger partial charge in [0.2, 0.25) is 5.91 Å². The van der Waals surface area contributed by atoms with Gasteiger partial charge in [-0.15, -0.1) is 12.4 Å². The third-order valence-electron chi connectivity index (χ3n) is 2.98. The molecule has 0 aliphatic heterocycles. The van der Waals surface area contributed by atoms with Crippen LogP contribution in [-0.4, -0.2) is 48.3 Å². The second-order valence-corrected chi connectivity index (χ2v) is 4.66. The standard InChI is InChI=1S/C15H24N2O3.ClH/c1-4-17(5-2)10-14(19)11-20-15-8-6-13(7-9-15)16-12(3)18;/h6-9,14,19H,4-5,10-11H2,1-3H3,(H,16,18);1H. The molecule has 0 aromatic heterocycles. The number of aliphatic hydroxyl groups excluding tert-OH is 1. The predicted octanol–water partition coefficient (Wildman–Crippen LogP) is 2.15. The van der Waals surface area contributed by atoms with Crippen molar-refractivity contribution in [2.75, 3.05) is 31.6 Å². The van der Waals surface area contributed by atoms with Gasteiger partial charge < -0.3 is 20.1 Å². The van der Waals surface area contributed by atoms with E-state index in [1.165, 1.54) is 6.92 Å². The molecule has 0 aliphatic rings. The van der Waals surface area contributed by atoms with Gasteiger partial charge in [0.1, 0.15) is 18.5 Å². The maximum Gasteiger partial charge on any atom is 0.221 e. The van der Waals surface area contributed by atoms with Crippen molar-refractivity contribution < 1.29 is 14.6 Å². The summed E-state index contributed by atoms with van der Waals surface area (Å²) in [6, 6.07) is 7.09. The Labute approximate surface area is 132 Å². The summed E-state index contributed by atoms with van der Waals surface area (Å²) >= 11 is 0. The number of ether oxygens (including phenoxy) is 1. The lowest BCUT2D eigenvalue weighted by Gasteiger charge is -2.21. The maximum absolute atomic E-state index is 10.9. The van der Waals surface area contributed by atoms with Crippen molar-refractivity contribution in [1.82, 2.24) is 4.90 Å². The molecule has 6 heteroatoms. The van der Waals surface area contributed by atoms with Crippen LogP contribution in [0.2, 0.25) is 0 Å². The molecule has 0 aliphatic carbocycles. The highest BCUT2D eigenvalue weighted by Gasteiger charge is 2.09. The van der Waals surface area contributed by atoms with E-state index in [2.05, 4.69) is 24.1 Å². The number of anilines is 1. The summed E-state index contributed by atoms with van der Waals surface area (Å²) in [5.41, 5.74) is 0.730. The van der Waals surface area contributed by atoms with E-state index in [9.17, 15) is 9.90 Å². The summed E-state index contributed by atoms with van der Waals surface area (Å²) in [4.78, 5) is 13.0. The van der Waals surface area contributed by atoms with Gasteiger partial charge in [0.25, 0.3) is 0 Å². The molecule has 0 fully saturated rings. The molecular formula is C15H25ClN2O3. The van der Waals surface area contributed by atoms with Gasteiger partial charge in [-0.2, -0.15) is 0 Å². The number of hydrogen-bond donors (Lipinski definition) is 2. The first-order chi connectivity index (χ1) is 9.55. The number of hydrogen-bond acceptors (Lipinski definition) is 4. The first-order valence-corrected chi connectivity index (χ1v) is 6.96. The van der Waals surface area contributed by atoms with E-state index in [0.29, 0.717) is 12.3 Å². The zero-order valence-corrected chi connectivity index (χ0v) is 13.7. The Bertz CT molecular complexity index is 408. The lowest BCUT2D eigenvalue weighted by Crippen LogP contribution is -2.35. The predicted molar refractivity (Wildman–Crippen MR) is 87.3 cm³/mol. The molecule has 0 spiro atoms. The average molecular weight is 317 g/mol. The molecule has 0 heterocycles. The van der Waals surface area contributed by atoms with Gasteiger partial charge in [-0.1, -0.05) is 13.8 Å². The SMILES string of the molecule is CCN(CC)CC(O)COc1ccc(NC(C)=O)cc1.Cl. The van der Waals surface area contributed by atoms with Crippen molar-refractivity contribution in [3.63, 3.8) is 0 Å².